The van der Waals surface area contributed by atoms with Crippen molar-refractivity contribution in [3.63, 3.8) is 0 Å². The molecule has 2 fully saturated rings. The van der Waals surface area contributed by atoms with Crippen LogP contribution in [0.2, 0.25) is 0 Å². The Morgan fingerprint density at radius 3 is 2.77 bits per heavy atom. The number of amides is 1. The fourth-order valence-electron chi connectivity index (χ4n) is 5.70. The van der Waals surface area contributed by atoms with Gasteiger partial charge in [-0.15, -0.1) is 11.3 Å². The van der Waals surface area contributed by atoms with Crippen LogP contribution in [0.15, 0.2) is 42.5 Å². The normalized spacial score (nSPS) is 18.6. The molecule has 0 unspecified atom stereocenters. The van der Waals surface area contributed by atoms with Crippen LogP contribution in [0.1, 0.15) is 47.2 Å². The van der Waals surface area contributed by atoms with Crippen LogP contribution in [0.5, 0.6) is 0 Å². The number of likely N-dealkylation sites (tertiary alicyclic amines) is 1. The zero-order valence-electron chi connectivity index (χ0n) is 20.3. The van der Waals surface area contributed by atoms with Crippen molar-refractivity contribution in [2.24, 2.45) is 11.7 Å². The Kier molecular flexibility index (Phi) is 5.91. The molecule has 1 aliphatic carbocycles. The molecule has 1 aliphatic heterocycles. The van der Waals surface area contributed by atoms with Crippen molar-refractivity contribution in [2.75, 3.05) is 19.7 Å². The summed E-state index contributed by atoms with van der Waals surface area (Å²) in [5.41, 5.74) is 11.7. The smallest absolute Gasteiger partial charge is 0.253 e. The van der Waals surface area contributed by atoms with Gasteiger partial charge in [-0.05, 0) is 85.7 Å². The van der Waals surface area contributed by atoms with Crippen molar-refractivity contribution in [1.82, 2.24) is 9.47 Å². The summed E-state index contributed by atoms with van der Waals surface area (Å²) in [6.07, 6.45) is 5.08. The Morgan fingerprint density at radius 1 is 1.17 bits per heavy atom. The summed E-state index contributed by atoms with van der Waals surface area (Å²) in [5, 5.41) is 12.3. The van der Waals surface area contributed by atoms with Gasteiger partial charge in [-0.1, -0.05) is 18.2 Å². The maximum Gasteiger partial charge on any atom is 0.253 e. The topological polar surface area (TPSA) is 71.5 Å². The summed E-state index contributed by atoms with van der Waals surface area (Å²) in [5.74, 6) is 0.820. The van der Waals surface area contributed by atoms with Crippen molar-refractivity contribution in [1.29, 1.82) is 0 Å². The van der Waals surface area contributed by atoms with Crippen molar-refractivity contribution in [2.45, 2.75) is 51.6 Å². The van der Waals surface area contributed by atoms with E-state index in [1.54, 1.807) is 11.3 Å². The molecule has 182 valence electrons. The number of nitrogens with two attached hydrogens (primary N) is 1. The highest BCUT2D eigenvalue weighted by Gasteiger charge is 2.27. The number of hydrogen-bond donors (Lipinski definition) is 2. The monoisotopic (exact) mass is 487 g/mol. The van der Waals surface area contributed by atoms with Crippen LogP contribution in [0.3, 0.4) is 0 Å². The molecular weight excluding hydrogens is 454 g/mol. The molecule has 0 bridgehead atoms. The van der Waals surface area contributed by atoms with Gasteiger partial charge in [-0.2, -0.15) is 0 Å². The first kappa shape index (κ1) is 22.8. The number of thiophene rings is 1. The lowest BCUT2D eigenvalue weighted by Crippen LogP contribution is -2.45. The van der Waals surface area contributed by atoms with Gasteiger partial charge in [0.2, 0.25) is 0 Å². The Bertz CT molecular complexity index is 1410. The molecule has 2 aromatic heterocycles. The number of aliphatic hydroxyl groups excluding tert-OH is 1. The number of para-hydroxylation sites is 1. The minimum Gasteiger partial charge on any atom is -0.396 e. The number of piperidine rings is 1. The standard InChI is InChI=1S/C29H33N3O2S/c1-18-27-21(10-12-33)13-22(29(34)31-11-4-6-23(30)17-31)15-26(27)35-28(18)25-14-20-5-2-3-7-24(20)32(25)16-19-8-9-19/h2-3,5,7,13-15,19,23,33H,4,6,8-12,16-17,30H2,1H3/t23-/m1/s1. The summed E-state index contributed by atoms with van der Waals surface area (Å²) < 4.78 is 3.62. The molecule has 6 heteroatoms. The Labute approximate surface area is 210 Å². The van der Waals surface area contributed by atoms with Gasteiger partial charge < -0.3 is 20.3 Å². The second-order valence-corrected chi connectivity index (χ2v) is 11.4. The second-order valence-electron chi connectivity index (χ2n) is 10.3. The fourth-order valence-corrected chi connectivity index (χ4v) is 7.02. The van der Waals surface area contributed by atoms with E-state index in [0.717, 1.165) is 42.1 Å². The highest BCUT2D eigenvalue weighted by Crippen LogP contribution is 2.43. The molecule has 1 atom stereocenters. The number of benzene rings is 2. The highest BCUT2D eigenvalue weighted by molar-refractivity contribution is 7.22. The van der Waals surface area contributed by atoms with Gasteiger partial charge in [0.25, 0.3) is 5.91 Å². The first-order valence-electron chi connectivity index (χ1n) is 12.8. The van der Waals surface area contributed by atoms with E-state index in [0.29, 0.717) is 18.5 Å². The molecule has 1 amide bonds. The van der Waals surface area contributed by atoms with Gasteiger partial charge in [-0.3, -0.25) is 4.79 Å². The Balaban J connectivity index is 1.48. The second kappa shape index (κ2) is 9.08. The lowest BCUT2D eigenvalue weighted by Gasteiger charge is -2.31. The summed E-state index contributed by atoms with van der Waals surface area (Å²) in [4.78, 5) is 16.6. The van der Waals surface area contributed by atoms with Crippen molar-refractivity contribution in [3.05, 3.63) is 59.2 Å². The maximum absolute atomic E-state index is 13.4. The SMILES string of the molecule is Cc1c(-c2cc3ccccc3n2CC2CC2)sc2cc(C(=O)N3CCC[C@@H](N)C3)cc(CCO)c12. The van der Waals surface area contributed by atoms with E-state index in [1.165, 1.54) is 45.3 Å². The molecule has 2 aliphatic rings. The third kappa shape index (κ3) is 4.18. The van der Waals surface area contributed by atoms with Gasteiger partial charge in [0, 0.05) is 53.4 Å². The van der Waals surface area contributed by atoms with Crippen molar-refractivity contribution >= 4 is 38.2 Å². The third-order valence-electron chi connectivity index (χ3n) is 7.67. The third-order valence-corrected chi connectivity index (χ3v) is 8.93. The molecule has 1 saturated carbocycles. The fraction of sp³-hybridized carbons (Fsp3) is 0.414. The molecule has 3 N–H and O–H groups in total. The molecule has 3 heterocycles. The molecule has 6 rings (SSSR count). The van der Waals surface area contributed by atoms with Gasteiger partial charge >= 0.3 is 0 Å². The van der Waals surface area contributed by atoms with Gasteiger partial charge in [0.05, 0.1) is 10.6 Å². The summed E-state index contributed by atoms with van der Waals surface area (Å²) in [7, 11) is 0. The quantitative estimate of drug-likeness (QED) is 0.386. The van der Waals surface area contributed by atoms with E-state index in [1.807, 2.05) is 11.0 Å². The number of aliphatic hydroxyl groups is 1. The van der Waals surface area contributed by atoms with E-state index >= 15 is 0 Å². The molecule has 4 aromatic rings. The van der Waals surface area contributed by atoms with E-state index in [2.05, 4.69) is 47.9 Å². The molecule has 35 heavy (non-hydrogen) atoms. The zero-order chi connectivity index (χ0) is 24.1. The van der Waals surface area contributed by atoms with Crippen molar-refractivity contribution in [3.8, 4) is 10.6 Å². The number of carbonyl (C=O) groups is 1. The number of rotatable bonds is 6. The molecule has 1 saturated heterocycles. The van der Waals surface area contributed by atoms with Gasteiger partial charge in [-0.25, -0.2) is 0 Å². The van der Waals surface area contributed by atoms with Crippen LogP contribution >= 0.6 is 11.3 Å². The zero-order valence-corrected chi connectivity index (χ0v) is 21.1. The number of carbonyl (C=O) groups excluding carboxylic acids is 1. The van der Waals surface area contributed by atoms with Crippen LogP contribution in [-0.2, 0) is 13.0 Å². The highest BCUT2D eigenvalue weighted by atomic mass is 32.1. The average molecular weight is 488 g/mol. The first-order valence-corrected chi connectivity index (χ1v) is 13.7. The lowest BCUT2D eigenvalue weighted by atomic mass is 9.98. The predicted octanol–water partition coefficient (Wildman–Crippen LogP) is 5.34. The molecule has 5 nitrogen and oxygen atoms in total. The van der Waals surface area contributed by atoms with Crippen LogP contribution in [0.4, 0.5) is 0 Å². The van der Waals surface area contributed by atoms with E-state index in [9.17, 15) is 9.90 Å². The minimum absolute atomic E-state index is 0.0525. The van der Waals surface area contributed by atoms with E-state index < -0.39 is 0 Å². The lowest BCUT2D eigenvalue weighted by molar-refractivity contribution is 0.0709. The van der Waals surface area contributed by atoms with Gasteiger partial charge in [0.1, 0.15) is 0 Å². The summed E-state index contributed by atoms with van der Waals surface area (Å²) >= 11 is 1.77. The van der Waals surface area contributed by atoms with Crippen molar-refractivity contribution < 1.29 is 9.90 Å². The predicted molar refractivity (Wildman–Crippen MR) is 144 cm³/mol. The number of aryl methyl sites for hydroxylation is 1. The van der Waals surface area contributed by atoms with Crippen LogP contribution in [0.25, 0.3) is 31.6 Å². The van der Waals surface area contributed by atoms with Crippen LogP contribution in [0, 0.1) is 12.8 Å². The molecule has 0 radical (unpaired) electrons. The maximum atomic E-state index is 13.4. The summed E-state index contributed by atoms with van der Waals surface area (Å²) in [6.45, 7) is 4.68. The van der Waals surface area contributed by atoms with E-state index in [-0.39, 0.29) is 18.6 Å². The largest absolute Gasteiger partial charge is 0.396 e. The first-order chi connectivity index (χ1) is 17.0. The Morgan fingerprint density at radius 2 is 2.00 bits per heavy atom. The number of nitrogens with zero attached hydrogens (tertiary/aromatic N) is 2. The molecule has 0 spiro atoms. The average Bonchev–Trinajstić information content (AvgIpc) is 3.52. The minimum atomic E-state index is 0.0525. The molecular formula is C29H33N3O2S. The molecule has 2 aromatic carbocycles. The number of hydrogen-bond acceptors (Lipinski definition) is 4. The number of fused-ring (bicyclic) bond motifs is 2. The van der Waals surface area contributed by atoms with Gasteiger partial charge in [0.15, 0.2) is 0 Å². The number of aromatic nitrogens is 1. The Hall–Kier alpha value is -2.67. The van der Waals surface area contributed by atoms with Crippen LogP contribution < -0.4 is 5.73 Å². The van der Waals surface area contributed by atoms with E-state index in [4.69, 9.17) is 5.73 Å². The summed E-state index contributed by atoms with van der Waals surface area (Å²) in [6, 6.07) is 15.1. The van der Waals surface area contributed by atoms with Crippen LogP contribution in [-0.4, -0.2) is 46.2 Å².